The van der Waals surface area contributed by atoms with Crippen LogP contribution in [0.25, 0.3) is 0 Å². The topological polar surface area (TPSA) is 102 Å². The Labute approximate surface area is 223 Å². The summed E-state index contributed by atoms with van der Waals surface area (Å²) in [7, 11) is 0. The molecule has 0 unspecified atom stereocenters. The van der Waals surface area contributed by atoms with Gasteiger partial charge in [-0.15, -0.1) is 0 Å². The monoisotopic (exact) mass is 520 g/mol. The Bertz CT molecular complexity index is 1180. The molecule has 5 rings (SSSR count). The van der Waals surface area contributed by atoms with Gasteiger partial charge in [0, 0.05) is 50.4 Å². The lowest BCUT2D eigenvalue weighted by Crippen LogP contribution is -2.55. The van der Waals surface area contributed by atoms with Crippen molar-refractivity contribution in [2.45, 2.75) is 51.5 Å². The van der Waals surface area contributed by atoms with Gasteiger partial charge >= 0.3 is 0 Å². The van der Waals surface area contributed by atoms with Crippen molar-refractivity contribution in [3.8, 4) is 0 Å². The van der Waals surface area contributed by atoms with E-state index in [1.54, 1.807) is 11.0 Å². The Morgan fingerprint density at radius 2 is 1.79 bits per heavy atom. The smallest absolute Gasteiger partial charge is 0.255 e. The highest BCUT2D eigenvalue weighted by molar-refractivity contribution is 6.01. The molecule has 9 heteroatoms. The van der Waals surface area contributed by atoms with Gasteiger partial charge in [0.05, 0.1) is 19.3 Å². The quantitative estimate of drug-likeness (QED) is 0.577. The first-order valence-electron chi connectivity index (χ1n) is 13.4. The van der Waals surface area contributed by atoms with Crippen LogP contribution in [0.15, 0.2) is 48.5 Å². The van der Waals surface area contributed by atoms with E-state index in [1.165, 1.54) is 4.90 Å². The molecular formula is C29H36N4O5. The number of nitrogens with one attached hydrogen (secondary N) is 1. The number of fused-ring (bicyclic) bond motifs is 1. The number of carbonyl (C=O) groups is 3. The molecule has 0 radical (unpaired) electrons. The molecule has 3 aliphatic heterocycles. The maximum atomic E-state index is 13.8. The number of amides is 3. The molecule has 9 nitrogen and oxygen atoms in total. The molecular weight excluding hydrogens is 484 g/mol. The third kappa shape index (κ3) is 5.26. The number of anilines is 1. The van der Waals surface area contributed by atoms with Crippen molar-refractivity contribution < 1.29 is 24.2 Å². The van der Waals surface area contributed by atoms with Crippen LogP contribution >= 0.6 is 0 Å². The van der Waals surface area contributed by atoms with Crippen LogP contribution in [0.4, 0.5) is 5.69 Å². The average Bonchev–Trinajstić information content (AvgIpc) is 3.48. The predicted molar refractivity (Wildman–Crippen MR) is 142 cm³/mol. The van der Waals surface area contributed by atoms with E-state index in [2.05, 4.69) is 10.2 Å². The summed E-state index contributed by atoms with van der Waals surface area (Å²) in [5.74, 6) is -0.931. The molecule has 0 aliphatic carbocycles. The Kier molecular flexibility index (Phi) is 7.67. The summed E-state index contributed by atoms with van der Waals surface area (Å²) in [5, 5.41) is 13.4. The van der Waals surface area contributed by atoms with Gasteiger partial charge in [-0.3, -0.25) is 14.4 Å². The number of β-amino-alcohol motifs (C(OH)–C–C–N with tert-alkyl or cyclic N) is 1. The largest absolute Gasteiger partial charge is 0.391 e. The van der Waals surface area contributed by atoms with Crippen LogP contribution in [0.2, 0.25) is 0 Å². The molecule has 0 aromatic heterocycles. The van der Waals surface area contributed by atoms with Crippen molar-refractivity contribution in [1.29, 1.82) is 0 Å². The highest BCUT2D eigenvalue weighted by Gasteiger charge is 2.45. The van der Waals surface area contributed by atoms with Crippen LogP contribution in [0.1, 0.15) is 41.8 Å². The molecule has 2 aromatic rings. The van der Waals surface area contributed by atoms with Gasteiger partial charge in [0.2, 0.25) is 11.8 Å². The minimum Gasteiger partial charge on any atom is -0.391 e. The van der Waals surface area contributed by atoms with Gasteiger partial charge < -0.3 is 29.9 Å². The molecule has 2 aromatic carbocycles. The van der Waals surface area contributed by atoms with Crippen LogP contribution in [-0.4, -0.2) is 83.7 Å². The maximum Gasteiger partial charge on any atom is 0.255 e. The summed E-state index contributed by atoms with van der Waals surface area (Å²) >= 11 is 0. The van der Waals surface area contributed by atoms with Gasteiger partial charge in [-0.25, -0.2) is 0 Å². The van der Waals surface area contributed by atoms with Crippen LogP contribution in [0.3, 0.4) is 0 Å². The number of nitrogens with zero attached hydrogens (tertiary/aromatic N) is 3. The lowest BCUT2D eigenvalue weighted by molar-refractivity contribution is -0.143. The first-order valence-corrected chi connectivity index (χ1v) is 13.4. The van der Waals surface area contributed by atoms with Crippen molar-refractivity contribution in [2.75, 3.05) is 37.7 Å². The number of aliphatic hydroxyl groups excluding tert-OH is 1. The minimum atomic E-state index is -0.790. The zero-order valence-corrected chi connectivity index (χ0v) is 22.0. The third-order valence-corrected chi connectivity index (χ3v) is 7.71. The lowest BCUT2D eigenvalue weighted by Gasteiger charge is -2.35. The molecule has 3 aliphatic rings. The third-order valence-electron chi connectivity index (χ3n) is 7.71. The number of benzene rings is 2. The van der Waals surface area contributed by atoms with E-state index in [-0.39, 0.29) is 36.6 Å². The lowest BCUT2D eigenvalue weighted by atomic mass is 10.0. The normalized spacial score (nSPS) is 22.1. The van der Waals surface area contributed by atoms with Crippen molar-refractivity contribution in [2.24, 2.45) is 5.92 Å². The average molecular weight is 521 g/mol. The minimum absolute atomic E-state index is 0.0728. The second-order valence-electron chi connectivity index (χ2n) is 10.7. The first-order chi connectivity index (χ1) is 18.3. The van der Waals surface area contributed by atoms with Crippen molar-refractivity contribution in [1.82, 2.24) is 15.1 Å². The number of ether oxygens (including phenoxy) is 1. The molecule has 0 bridgehead atoms. The van der Waals surface area contributed by atoms with Crippen LogP contribution in [0.5, 0.6) is 0 Å². The van der Waals surface area contributed by atoms with E-state index in [4.69, 9.17) is 4.74 Å². The number of aliphatic hydroxyl groups is 1. The zero-order chi connectivity index (χ0) is 26.8. The summed E-state index contributed by atoms with van der Waals surface area (Å²) in [6, 6.07) is 13.9. The molecule has 2 N–H and O–H groups in total. The molecule has 3 heterocycles. The number of hydrogen-bond acceptors (Lipinski definition) is 6. The number of carbonyl (C=O) groups excluding carboxylic acids is 3. The van der Waals surface area contributed by atoms with E-state index in [9.17, 15) is 19.5 Å². The summed E-state index contributed by atoms with van der Waals surface area (Å²) in [6.45, 7) is 7.72. The van der Waals surface area contributed by atoms with E-state index < -0.39 is 18.2 Å². The molecule has 202 valence electrons. The zero-order valence-electron chi connectivity index (χ0n) is 22.0. The number of rotatable bonds is 7. The number of morpholine rings is 1. The van der Waals surface area contributed by atoms with Crippen molar-refractivity contribution in [3.63, 3.8) is 0 Å². The number of hydrogen-bond donors (Lipinski definition) is 2. The molecule has 38 heavy (non-hydrogen) atoms. The molecule has 3 amide bonds. The summed E-state index contributed by atoms with van der Waals surface area (Å²) in [4.78, 5) is 45.5. The fraction of sp³-hybridized carbons (Fsp3) is 0.483. The second kappa shape index (κ2) is 11.1. The van der Waals surface area contributed by atoms with Gasteiger partial charge in [-0.2, -0.15) is 0 Å². The van der Waals surface area contributed by atoms with Crippen LogP contribution in [0, 0.1) is 5.92 Å². The molecule has 0 saturated carbocycles. The van der Waals surface area contributed by atoms with Crippen molar-refractivity contribution in [3.05, 3.63) is 65.2 Å². The van der Waals surface area contributed by atoms with Crippen LogP contribution < -0.4 is 10.2 Å². The van der Waals surface area contributed by atoms with Gasteiger partial charge in [0.25, 0.3) is 5.91 Å². The van der Waals surface area contributed by atoms with Gasteiger partial charge in [0.15, 0.2) is 0 Å². The predicted octanol–water partition coefficient (Wildman–Crippen LogP) is 1.78. The Morgan fingerprint density at radius 1 is 1.08 bits per heavy atom. The van der Waals surface area contributed by atoms with Gasteiger partial charge in [-0.1, -0.05) is 44.2 Å². The van der Waals surface area contributed by atoms with E-state index >= 15 is 0 Å². The Morgan fingerprint density at radius 3 is 2.47 bits per heavy atom. The second-order valence-corrected chi connectivity index (χ2v) is 10.7. The molecule has 2 fully saturated rings. The van der Waals surface area contributed by atoms with E-state index in [0.717, 1.165) is 43.1 Å². The SMILES string of the molecule is CC(C)[C@@H](C(=O)N1C[C@H](O)C[C@H]1C(=O)NCc1ccc(N2CCOCC2)cc1)N1Cc2ccccc2C1=O. The van der Waals surface area contributed by atoms with Crippen LogP contribution in [-0.2, 0) is 27.4 Å². The summed E-state index contributed by atoms with van der Waals surface area (Å²) in [5.41, 5.74) is 3.58. The fourth-order valence-corrected chi connectivity index (χ4v) is 5.71. The number of likely N-dealkylation sites (tertiary alicyclic amines) is 1. The maximum absolute atomic E-state index is 13.8. The highest BCUT2D eigenvalue weighted by Crippen LogP contribution is 2.30. The van der Waals surface area contributed by atoms with E-state index in [1.807, 2.05) is 56.3 Å². The highest BCUT2D eigenvalue weighted by atomic mass is 16.5. The summed E-state index contributed by atoms with van der Waals surface area (Å²) in [6.07, 6.45) is -0.617. The van der Waals surface area contributed by atoms with Gasteiger partial charge in [-0.05, 0) is 35.2 Å². The Hall–Kier alpha value is -3.43. The Balaban J connectivity index is 1.24. The molecule has 3 atom stereocenters. The molecule has 0 spiro atoms. The van der Waals surface area contributed by atoms with Gasteiger partial charge in [0.1, 0.15) is 12.1 Å². The fourth-order valence-electron chi connectivity index (χ4n) is 5.71. The molecule has 2 saturated heterocycles. The first kappa shape index (κ1) is 26.2. The van der Waals surface area contributed by atoms with E-state index in [0.29, 0.717) is 18.7 Å². The summed E-state index contributed by atoms with van der Waals surface area (Å²) < 4.78 is 5.41. The standard InChI is InChI=1S/C29H36N4O5/c1-19(2)26(33-17-21-5-3-4-6-24(21)28(33)36)29(37)32-18-23(34)15-25(32)27(35)30-16-20-7-9-22(10-8-20)31-11-13-38-14-12-31/h3-10,19,23,25-26,34H,11-18H2,1-2H3,(H,30,35)/t23-,25+,26+/m1/s1. The van der Waals surface area contributed by atoms with Crippen molar-refractivity contribution >= 4 is 23.4 Å².